The fourth-order valence-corrected chi connectivity index (χ4v) is 4.14. The topological polar surface area (TPSA) is 28.6 Å². The summed E-state index contributed by atoms with van der Waals surface area (Å²) in [5, 5.41) is 0. The van der Waals surface area contributed by atoms with Crippen molar-refractivity contribution in [1.29, 1.82) is 0 Å². The van der Waals surface area contributed by atoms with Gasteiger partial charge in [-0.1, -0.05) is 48.5 Å². The summed E-state index contributed by atoms with van der Waals surface area (Å²) in [6.45, 7) is 5.16. The van der Waals surface area contributed by atoms with Crippen LogP contribution in [0.4, 0.5) is 5.69 Å². The summed E-state index contributed by atoms with van der Waals surface area (Å²) in [5.41, 5.74) is 7.96. The maximum Gasteiger partial charge on any atom is 0.129 e. The highest BCUT2D eigenvalue weighted by molar-refractivity contribution is 5.71. The van der Waals surface area contributed by atoms with Crippen LogP contribution in [0.2, 0.25) is 0 Å². The van der Waals surface area contributed by atoms with Gasteiger partial charge in [-0.25, -0.2) is 0 Å². The molecule has 4 nitrogen and oxygen atoms in total. The molecule has 33 heavy (non-hydrogen) atoms. The lowest BCUT2D eigenvalue weighted by atomic mass is 10.0. The normalized spacial score (nSPS) is 13.5. The molecule has 4 aromatic rings. The standard InChI is InChI=1S/C29H27N3O/c1-21-22(2)32(20-31(21)3)26-12-8-14-28(19-26)33-27-13-7-11-25(17-27)29-18-24(15-16-30-29)23-9-5-4-6-10-23/h4-19H,20H2,1-3H3. The second kappa shape index (κ2) is 8.83. The van der Waals surface area contributed by atoms with Crippen LogP contribution < -0.4 is 9.64 Å². The van der Waals surface area contributed by atoms with E-state index in [-0.39, 0.29) is 0 Å². The van der Waals surface area contributed by atoms with Gasteiger partial charge in [0.1, 0.15) is 11.5 Å². The minimum Gasteiger partial charge on any atom is -0.457 e. The second-order valence-electron chi connectivity index (χ2n) is 8.36. The predicted octanol–water partition coefficient (Wildman–Crippen LogP) is 7.17. The lowest BCUT2D eigenvalue weighted by molar-refractivity contribution is 0.459. The number of anilines is 1. The number of aromatic nitrogens is 1. The Hall–Kier alpha value is -4.05. The van der Waals surface area contributed by atoms with Gasteiger partial charge >= 0.3 is 0 Å². The van der Waals surface area contributed by atoms with Gasteiger partial charge in [0.05, 0.1) is 12.4 Å². The molecule has 0 aliphatic carbocycles. The fraction of sp³-hybridized carbons (Fsp3) is 0.138. The molecule has 0 radical (unpaired) electrons. The van der Waals surface area contributed by atoms with Crippen molar-refractivity contribution in [2.75, 3.05) is 18.6 Å². The zero-order valence-corrected chi connectivity index (χ0v) is 19.2. The van der Waals surface area contributed by atoms with Crippen LogP contribution >= 0.6 is 0 Å². The molecule has 1 aliphatic rings. The number of allylic oxidation sites excluding steroid dienone is 2. The molecule has 0 atom stereocenters. The van der Waals surface area contributed by atoms with Crippen LogP contribution in [-0.2, 0) is 0 Å². The van der Waals surface area contributed by atoms with Gasteiger partial charge in [0.15, 0.2) is 0 Å². The van der Waals surface area contributed by atoms with Crippen LogP contribution in [0.5, 0.6) is 11.5 Å². The number of pyridine rings is 1. The minimum atomic E-state index is 0.790. The first-order valence-corrected chi connectivity index (χ1v) is 11.1. The molecular formula is C29H27N3O. The quantitative estimate of drug-likeness (QED) is 0.334. The number of ether oxygens (including phenoxy) is 1. The highest BCUT2D eigenvalue weighted by Crippen LogP contribution is 2.33. The van der Waals surface area contributed by atoms with Crippen molar-refractivity contribution in [3.63, 3.8) is 0 Å². The first-order chi connectivity index (χ1) is 16.1. The van der Waals surface area contributed by atoms with Gasteiger partial charge < -0.3 is 14.5 Å². The highest BCUT2D eigenvalue weighted by Gasteiger charge is 2.21. The Balaban J connectivity index is 1.39. The maximum absolute atomic E-state index is 6.26. The number of hydrogen-bond acceptors (Lipinski definition) is 4. The van der Waals surface area contributed by atoms with E-state index in [1.54, 1.807) is 0 Å². The zero-order chi connectivity index (χ0) is 22.8. The van der Waals surface area contributed by atoms with Gasteiger partial charge in [-0.15, -0.1) is 0 Å². The number of benzene rings is 3. The molecule has 2 heterocycles. The predicted molar refractivity (Wildman–Crippen MR) is 135 cm³/mol. The Morgan fingerprint density at radius 3 is 2.18 bits per heavy atom. The number of nitrogens with zero attached hydrogens (tertiary/aromatic N) is 3. The summed E-state index contributed by atoms with van der Waals surface area (Å²) in [6.07, 6.45) is 1.86. The second-order valence-corrected chi connectivity index (χ2v) is 8.36. The van der Waals surface area contributed by atoms with E-state index in [1.807, 2.05) is 48.7 Å². The Kier molecular flexibility index (Phi) is 5.57. The molecule has 0 saturated heterocycles. The third-order valence-corrected chi connectivity index (χ3v) is 6.22. The smallest absolute Gasteiger partial charge is 0.129 e. The Bertz CT molecular complexity index is 1310. The van der Waals surface area contributed by atoms with E-state index in [2.05, 4.69) is 84.2 Å². The molecule has 0 N–H and O–H groups in total. The van der Waals surface area contributed by atoms with Crippen LogP contribution in [0, 0.1) is 0 Å². The molecule has 5 rings (SSSR count). The first-order valence-electron chi connectivity index (χ1n) is 11.1. The highest BCUT2D eigenvalue weighted by atomic mass is 16.5. The van der Waals surface area contributed by atoms with Crippen molar-refractivity contribution in [3.8, 4) is 33.9 Å². The van der Waals surface area contributed by atoms with Crippen LogP contribution in [0.15, 0.2) is 109 Å². The van der Waals surface area contributed by atoms with Crippen molar-refractivity contribution in [2.24, 2.45) is 0 Å². The molecule has 0 fully saturated rings. The zero-order valence-electron chi connectivity index (χ0n) is 19.2. The van der Waals surface area contributed by atoms with Crippen LogP contribution in [0.25, 0.3) is 22.4 Å². The van der Waals surface area contributed by atoms with Gasteiger partial charge in [-0.05, 0) is 61.4 Å². The Labute approximate surface area is 195 Å². The Morgan fingerprint density at radius 2 is 1.42 bits per heavy atom. The van der Waals surface area contributed by atoms with Gasteiger partial charge in [0, 0.05) is 42.0 Å². The van der Waals surface area contributed by atoms with E-state index >= 15 is 0 Å². The SMILES string of the molecule is CC1=C(C)N(c2cccc(Oc3cccc(-c4cc(-c5ccccc5)ccn4)c3)c2)CN1C. The molecule has 164 valence electrons. The lowest BCUT2D eigenvalue weighted by Crippen LogP contribution is -2.24. The molecule has 1 aliphatic heterocycles. The molecule has 0 bridgehead atoms. The lowest BCUT2D eigenvalue weighted by Gasteiger charge is -2.21. The average molecular weight is 434 g/mol. The van der Waals surface area contributed by atoms with Crippen LogP contribution in [-0.4, -0.2) is 23.6 Å². The van der Waals surface area contributed by atoms with E-state index in [4.69, 9.17) is 4.74 Å². The van der Waals surface area contributed by atoms with Crippen molar-refractivity contribution in [3.05, 3.63) is 109 Å². The molecule has 4 heteroatoms. The van der Waals surface area contributed by atoms with Crippen molar-refractivity contribution < 1.29 is 4.74 Å². The molecule has 0 unspecified atom stereocenters. The summed E-state index contributed by atoms with van der Waals surface area (Å²) in [4.78, 5) is 9.16. The average Bonchev–Trinajstić information content (AvgIpc) is 3.12. The summed E-state index contributed by atoms with van der Waals surface area (Å²) in [5.74, 6) is 1.61. The fourth-order valence-electron chi connectivity index (χ4n) is 4.14. The van der Waals surface area contributed by atoms with Crippen molar-refractivity contribution in [1.82, 2.24) is 9.88 Å². The number of rotatable bonds is 5. The first kappa shape index (κ1) is 20.8. The molecule has 1 aromatic heterocycles. The maximum atomic E-state index is 6.26. The van der Waals surface area contributed by atoms with Crippen LogP contribution in [0.1, 0.15) is 13.8 Å². The summed E-state index contributed by atoms with van der Waals surface area (Å²) < 4.78 is 6.26. The van der Waals surface area contributed by atoms with Crippen molar-refractivity contribution >= 4 is 5.69 Å². The molecule has 0 amide bonds. The molecule has 0 saturated carbocycles. The van der Waals surface area contributed by atoms with E-state index < -0.39 is 0 Å². The summed E-state index contributed by atoms with van der Waals surface area (Å²) >= 11 is 0. The van der Waals surface area contributed by atoms with E-state index in [9.17, 15) is 0 Å². The van der Waals surface area contributed by atoms with Gasteiger partial charge in [-0.3, -0.25) is 4.98 Å². The van der Waals surface area contributed by atoms with E-state index in [1.165, 1.54) is 17.0 Å². The largest absolute Gasteiger partial charge is 0.457 e. The van der Waals surface area contributed by atoms with E-state index in [0.29, 0.717) is 0 Å². The number of hydrogen-bond donors (Lipinski definition) is 0. The van der Waals surface area contributed by atoms with Crippen LogP contribution in [0.3, 0.4) is 0 Å². The third-order valence-electron chi connectivity index (χ3n) is 6.22. The van der Waals surface area contributed by atoms with E-state index in [0.717, 1.165) is 40.7 Å². The van der Waals surface area contributed by atoms with Gasteiger partial charge in [0.25, 0.3) is 0 Å². The third kappa shape index (κ3) is 4.33. The summed E-state index contributed by atoms with van der Waals surface area (Å²) in [6, 6.07) is 30.9. The monoisotopic (exact) mass is 433 g/mol. The van der Waals surface area contributed by atoms with Gasteiger partial charge in [0.2, 0.25) is 0 Å². The van der Waals surface area contributed by atoms with Crippen molar-refractivity contribution in [2.45, 2.75) is 13.8 Å². The molecule has 3 aromatic carbocycles. The van der Waals surface area contributed by atoms with Gasteiger partial charge in [-0.2, -0.15) is 0 Å². The molecule has 0 spiro atoms. The Morgan fingerprint density at radius 1 is 0.697 bits per heavy atom. The summed E-state index contributed by atoms with van der Waals surface area (Å²) in [7, 11) is 2.12. The minimum absolute atomic E-state index is 0.790. The molecular weight excluding hydrogens is 406 g/mol.